The van der Waals surface area contributed by atoms with Gasteiger partial charge in [-0.05, 0) is 55.3 Å². The summed E-state index contributed by atoms with van der Waals surface area (Å²) in [7, 11) is 1.70. The fourth-order valence-electron chi connectivity index (χ4n) is 3.34. The molecule has 1 aromatic carbocycles. The fourth-order valence-corrected chi connectivity index (χ4v) is 3.34. The van der Waals surface area contributed by atoms with Crippen molar-refractivity contribution < 1.29 is 14.3 Å². The van der Waals surface area contributed by atoms with E-state index in [1.54, 1.807) is 61.7 Å². The molecule has 0 fully saturated rings. The van der Waals surface area contributed by atoms with Gasteiger partial charge in [0.15, 0.2) is 11.5 Å². The van der Waals surface area contributed by atoms with Gasteiger partial charge in [0.25, 0.3) is 11.5 Å². The van der Waals surface area contributed by atoms with Crippen LogP contribution in [0.3, 0.4) is 0 Å². The minimum Gasteiger partial charge on any atom is -0.454 e. The number of rotatable bonds is 4. The summed E-state index contributed by atoms with van der Waals surface area (Å²) in [5, 5.41) is 0. The van der Waals surface area contributed by atoms with E-state index in [1.165, 1.54) is 4.57 Å². The number of nitrogens with zero attached hydrogens (tertiary/aromatic N) is 3. The average molecular weight is 391 g/mol. The third kappa shape index (κ3) is 3.35. The van der Waals surface area contributed by atoms with E-state index in [0.29, 0.717) is 22.7 Å². The predicted molar refractivity (Wildman–Crippen MR) is 108 cm³/mol. The molecule has 0 saturated carbocycles. The Morgan fingerprint density at radius 1 is 1.14 bits per heavy atom. The minimum absolute atomic E-state index is 0.147. The number of hydrogen-bond acceptors (Lipinski definition) is 5. The third-order valence-electron chi connectivity index (χ3n) is 5.24. The van der Waals surface area contributed by atoms with Gasteiger partial charge >= 0.3 is 0 Å². The number of aryl methyl sites for hydroxylation is 1. The van der Waals surface area contributed by atoms with E-state index < -0.39 is 0 Å². The molecule has 0 bridgehead atoms. The second-order valence-corrected chi connectivity index (χ2v) is 6.96. The van der Waals surface area contributed by atoms with Crippen LogP contribution in [-0.4, -0.2) is 34.2 Å². The molecule has 2 aromatic heterocycles. The molecule has 0 radical (unpaired) electrons. The maximum absolute atomic E-state index is 13.2. The molecule has 0 saturated heterocycles. The zero-order valence-corrected chi connectivity index (χ0v) is 16.5. The van der Waals surface area contributed by atoms with Crippen LogP contribution in [0.1, 0.15) is 34.5 Å². The van der Waals surface area contributed by atoms with Gasteiger partial charge in [-0.1, -0.05) is 0 Å². The Labute approximate surface area is 168 Å². The SMILES string of the molecule is Cc1ccn(-c2ccc3c(c2)OCO3)c(=O)c1C(=O)N(C)C(C)c1ccncc1. The normalized spacial score (nSPS) is 13.2. The van der Waals surface area contributed by atoms with E-state index in [9.17, 15) is 9.59 Å². The fraction of sp³-hybridized carbons (Fsp3) is 0.227. The third-order valence-corrected chi connectivity index (χ3v) is 5.24. The van der Waals surface area contributed by atoms with Gasteiger partial charge in [-0.3, -0.25) is 19.1 Å². The lowest BCUT2D eigenvalue weighted by molar-refractivity contribution is 0.0739. The molecule has 4 rings (SSSR count). The number of aromatic nitrogens is 2. The zero-order chi connectivity index (χ0) is 20.5. The van der Waals surface area contributed by atoms with Gasteiger partial charge in [-0.15, -0.1) is 0 Å². The molecule has 0 aliphatic carbocycles. The number of pyridine rings is 2. The van der Waals surface area contributed by atoms with E-state index >= 15 is 0 Å². The first-order chi connectivity index (χ1) is 14.0. The summed E-state index contributed by atoms with van der Waals surface area (Å²) < 4.78 is 12.2. The van der Waals surface area contributed by atoms with Crippen molar-refractivity contribution in [3.05, 3.63) is 82.0 Å². The Bertz CT molecular complexity index is 1120. The maximum Gasteiger partial charge on any atom is 0.268 e. The van der Waals surface area contributed by atoms with Crippen molar-refractivity contribution in [2.24, 2.45) is 0 Å². The van der Waals surface area contributed by atoms with Crippen LogP contribution in [0, 0.1) is 6.92 Å². The summed E-state index contributed by atoms with van der Waals surface area (Å²) in [6, 6.07) is 10.5. The van der Waals surface area contributed by atoms with Crippen molar-refractivity contribution in [1.82, 2.24) is 14.5 Å². The molecule has 1 aliphatic rings. The molecule has 3 heterocycles. The average Bonchev–Trinajstić information content (AvgIpc) is 3.21. The number of ether oxygens (including phenoxy) is 2. The van der Waals surface area contributed by atoms with Crippen molar-refractivity contribution in [3.8, 4) is 17.2 Å². The minimum atomic E-state index is -0.373. The van der Waals surface area contributed by atoms with E-state index in [-0.39, 0.29) is 29.9 Å². The van der Waals surface area contributed by atoms with Gasteiger partial charge in [0.05, 0.1) is 11.7 Å². The smallest absolute Gasteiger partial charge is 0.268 e. The van der Waals surface area contributed by atoms with Crippen molar-refractivity contribution in [1.29, 1.82) is 0 Å². The quantitative estimate of drug-likeness (QED) is 0.683. The van der Waals surface area contributed by atoms with Crippen LogP contribution in [0.25, 0.3) is 5.69 Å². The number of carbonyl (C=O) groups excluding carboxylic acids is 1. The summed E-state index contributed by atoms with van der Waals surface area (Å²) in [5.74, 6) is 0.884. The molecular formula is C22H21N3O4. The molecule has 1 atom stereocenters. The summed E-state index contributed by atoms with van der Waals surface area (Å²) in [6.45, 7) is 3.84. The summed E-state index contributed by atoms with van der Waals surface area (Å²) in [4.78, 5) is 32.0. The van der Waals surface area contributed by atoms with Crippen molar-refractivity contribution >= 4 is 5.91 Å². The zero-order valence-electron chi connectivity index (χ0n) is 16.5. The number of fused-ring (bicyclic) bond motifs is 1. The van der Waals surface area contributed by atoms with Crippen LogP contribution in [0.2, 0.25) is 0 Å². The van der Waals surface area contributed by atoms with Crippen LogP contribution >= 0.6 is 0 Å². The molecule has 1 aliphatic heterocycles. The van der Waals surface area contributed by atoms with Crippen LogP contribution in [0.4, 0.5) is 0 Å². The largest absolute Gasteiger partial charge is 0.454 e. The van der Waals surface area contributed by atoms with Gasteiger partial charge < -0.3 is 14.4 Å². The first-order valence-electron chi connectivity index (χ1n) is 9.26. The lowest BCUT2D eigenvalue weighted by atomic mass is 10.1. The van der Waals surface area contributed by atoms with Crippen LogP contribution in [0.5, 0.6) is 11.5 Å². The summed E-state index contributed by atoms with van der Waals surface area (Å²) in [6.07, 6.45) is 5.04. The first kappa shape index (κ1) is 18.7. The van der Waals surface area contributed by atoms with Gasteiger partial charge in [-0.25, -0.2) is 0 Å². The monoisotopic (exact) mass is 391 g/mol. The van der Waals surface area contributed by atoms with Crippen molar-refractivity contribution in [2.45, 2.75) is 19.9 Å². The standard InChI is InChI=1S/C22H21N3O4/c1-14-8-11-25(17-4-5-18-19(12-17)29-13-28-18)22(27)20(14)21(26)24(3)15(2)16-6-9-23-10-7-16/h4-12,15H,13H2,1-3H3. The molecule has 0 N–H and O–H groups in total. The van der Waals surface area contributed by atoms with Gasteiger partial charge in [0.2, 0.25) is 6.79 Å². The molecule has 3 aromatic rings. The Kier molecular flexibility index (Phi) is 4.80. The first-order valence-corrected chi connectivity index (χ1v) is 9.26. The van der Waals surface area contributed by atoms with Crippen LogP contribution in [-0.2, 0) is 0 Å². The van der Waals surface area contributed by atoms with E-state index in [2.05, 4.69) is 4.98 Å². The van der Waals surface area contributed by atoms with Crippen LogP contribution < -0.4 is 15.0 Å². The molecule has 29 heavy (non-hydrogen) atoms. The Balaban J connectivity index is 1.72. The summed E-state index contributed by atoms with van der Waals surface area (Å²) in [5.41, 5.74) is 1.96. The second-order valence-electron chi connectivity index (χ2n) is 6.96. The van der Waals surface area contributed by atoms with Gasteiger partial charge in [0, 0.05) is 31.7 Å². The molecule has 7 heteroatoms. The van der Waals surface area contributed by atoms with E-state index in [1.807, 2.05) is 19.1 Å². The number of benzene rings is 1. The maximum atomic E-state index is 13.2. The summed E-state index contributed by atoms with van der Waals surface area (Å²) >= 11 is 0. The van der Waals surface area contributed by atoms with Crippen molar-refractivity contribution in [3.63, 3.8) is 0 Å². The topological polar surface area (TPSA) is 73.7 Å². The molecule has 148 valence electrons. The van der Waals surface area contributed by atoms with Gasteiger partial charge in [0.1, 0.15) is 5.56 Å². The predicted octanol–water partition coefficient (Wildman–Crippen LogP) is 3.10. The lowest BCUT2D eigenvalue weighted by Gasteiger charge is -2.26. The second kappa shape index (κ2) is 7.43. The highest BCUT2D eigenvalue weighted by Gasteiger charge is 2.24. The molecule has 7 nitrogen and oxygen atoms in total. The van der Waals surface area contributed by atoms with Crippen LogP contribution in [0.15, 0.2) is 59.8 Å². The van der Waals surface area contributed by atoms with E-state index in [4.69, 9.17) is 9.47 Å². The van der Waals surface area contributed by atoms with Crippen molar-refractivity contribution in [2.75, 3.05) is 13.8 Å². The van der Waals surface area contributed by atoms with Gasteiger partial charge in [-0.2, -0.15) is 0 Å². The molecule has 0 spiro atoms. The highest BCUT2D eigenvalue weighted by molar-refractivity contribution is 5.95. The highest BCUT2D eigenvalue weighted by Crippen LogP contribution is 2.33. The Morgan fingerprint density at radius 3 is 2.62 bits per heavy atom. The molecule has 1 amide bonds. The number of hydrogen-bond donors (Lipinski definition) is 0. The lowest BCUT2D eigenvalue weighted by Crippen LogP contribution is -2.36. The number of amides is 1. The number of carbonyl (C=O) groups is 1. The molecular weight excluding hydrogens is 370 g/mol. The Hall–Kier alpha value is -3.61. The Morgan fingerprint density at radius 2 is 1.86 bits per heavy atom. The van der Waals surface area contributed by atoms with E-state index in [0.717, 1.165) is 5.56 Å². The molecule has 1 unspecified atom stereocenters. The highest BCUT2D eigenvalue weighted by atomic mass is 16.7.